The Morgan fingerprint density at radius 3 is 2.19 bits per heavy atom. The lowest BCUT2D eigenvalue weighted by Gasteiger charge is -2.33. The molecule has 2 nitrogen and oxygen atoms in total. The molecule has 0 radical (unpaired) electrons. The molecule has 1 aromatic carbocycles. The van der Waals surface area contributed by atoms with Gasteiger partial charge in [-0.2, -0.15) is 13.2 Å². The fourth-order valence-electron chi connectivity index (χ4n) is 3.08. The molecule has 1 aromatic rings. The Hall–Kier alpha value is -1.23. The third-order valence-corrected chi connectivity index (χ3v) is 4.47. The van der Waals surface area contributed by atoms with Crippen molar-refractivity contribution in [2.24, 2.45) is 17.6 Å². The molecule has 1 fully saturated rings. The molecule has 0 aromatic heterocycles. The quantitative estimate of drug-likeness (QED) is 0.914. The molecule has 5 heteroatoms. The van der Waals surface area contributed by atoms with Crippen LogP contribution in [0, 0.1) is 11.8 Å². The van der Waals surface area contributed by atoms with Gasteiger partial charge in [-0.25, -0.2) is 0 Å². The first-order valence-electron chi connectivity index (χ1n) is 7.35. The van der Waals surface area contributed by atoms with Gasteiger partial charge in [0.1, 0.15) is 5.75 Å². The van der Waals surface area contributed by atoms with E-state index >= 15 is 0 Å². The molecule has 1 aliphatic carbocycles. The number of hydrogen-bond acceptors (Lipinski definition) is 2. The van der Waals surface area contributed by atoms with Crippen LogP contribution in [0.4, 0.5) is 13.2 Å². The average molecular weight is 301 g/mol. The number of hydrogen-bond donors (Lipinski definition) is 1. The van der Waals surface area contributed by atoms with Crippen molar-refractivity contribution in [1.82, 2.24) is 0 Å². The Morgan fingerprint density at radius 1 is 1.14 bits per heavy atom. The Bertz CT molecular complexity index is 436. The van der Waals surface area contributed by atoms with Crippen molar-refractivity contribution in [2.75, 3.05) is 7.11 Å². The van der Waals surface area contributed by atoms with Crippen LogP contribution in [0.15, 0.2) is 24.3 Å². The molecule has 0 spiro atoms. The van der Waals surface area contributed by atoms with Crippen molar-refractivity contribution < 1.29 is 17.9 Å². The third kappa shape index (κ3) is 4.37. The second kappa shape index (κ2) is 6.69. The van der Waals surface area contributed by atoms with E-state index in [1.165, 1.54) is 0 Å². The van der Waals surface area contributed by atoms with Crippen LogP contribution in [0.2, 0.25) is 0 Å². The predicted octanol–water partition coefficient (Wildman–Crippen LogP) is 3.93. The highest BCUT2D eigenvalue weighted by molar-refractivity contribution is 5.27. The van der Waals surface area contributed by atoms with E-state index in [-0.39, 0.29) is 24.8 Å². The van der Waals surface area contributed by atoms with Gasteiger partial charge in [-0.05, 0) is 55.7 Å². The van der Waals surface area contributed by atoms with Gasteiger partial charge in [-0.1, -0.05) is 12.1 Å². The summed E-state index contributed by atoms with van der Waals surface area (Å²) in [6.07, 6.45) is -1.78. The van der Waals surface area contributed by atoms with Gasteiger partial charge >= 0.3 is 6.18 Å². The van der Waals surface area contributed by atoms with Crippen LogP contribution < -0.4 is 10.5 Å². The summed E-state index contributed by atoms with van der Waals surface area (Å²) < 4.78 is 43.0. The molecule has 118 valence electrons. The highest BCUT2D eigenvalue weighted by atomic mass is 19.4. The number of alkyl halides is 3. The number of benzene rings is 1. The lowest BCUT2D eigenvalue weighted by Crippen LogP contribution is -2.37. The molecule has 0 saturated heterocycles. The maximum Gasteiger partial charge on any atom is 0.391 e. The summed E-state index contributed by atoms with van der Waals surface area (Å²) in [6.45, 7) is 0. The molecule has 2 rings (SSSR count). The largest absolute Gasteiger partial charge is 0.497 e. The summed E-state index contributed by atoms with van der Waals surface area (Å²) in [7, 11) is 1.61. The van der Waals surface area contributed by atoms with E-state index in [2.05, 4.69) is 0 Å². The molecule has 0 heterocycles. The standard InChI is InChI=1S/C16H22F3NO/c1-21-14-8-2-11(3-9-14)10-15(20)12-4-6-13(7-5-12)16(17,18)19/h2-3,8-9,12-13,15H,4-7,10,20H2,1H3. The fourth-order valence-corrected chi connectivity index (χ4v) is 3.08. The average Bonchev–Trinajstić information content (AvgIpc) is 2.47. The van der Waals surface area contributed by atoms with Gasteiger partial charge in [0.15, 0.2) is 0 Å². The Balaban J connectivity index is 1.85. The van der Waals surface area contributed by atoms with E-state index in [1.807, 2.05) is 24.3 Å². The number of rotatable bonds is 4. The first kappa shape index (κ1) is 16.1. The van der Waals surface area contributed by atoms with E-state index in [9.17, 15) is 13.2 Å². The van der Waals surface area contributed by atoms with Gasteiger partial charge in [0, 0.05) is 6.04 Å². The van der Waals surface area contributed by atoms with Crippen LogP contribution in [0.3, 0.4) is 0 Å². The zero-order valence-electron chi connectivity index (χ0n) is 12.2. The van der Waals surface area contributed by atoms with Crippen molar-refractivity contribution in [3.05, 3.63) is 29.8 Å². The van der Waals surface area contributed by atoms with Crippen LogP contribution in [0.25, 0.3) is 0 Å². The van der Waals surface area contributed by atoms with Crippen LogP contribution in [-0.2, 0) is 6.42 Å². The molecule has 1 unspecified atom stereocenters. The van der Waals surface area contributed by atoms with Crippen LogP contribution in [0.1, 0.15) is 31.2 Å². The number of nitrogens with two attached hydrogens (primary N) is 1. The number of ether oxygens (including phenoxy) is 1. The molecule has 2 N–H and O–H groups in total. The Labute approximate surface area is 123 Å². The summed E-state index contributed by atoms with van der Waals surface area (Å²) in [6, 6.07) is 7.60. The summed E-state index contributed by atoms with van der Waals surface area (Å²) >= 11 is 0. The summed E-state index contributed by atoms with van der Waals surface area (Å²) in [5, 5.41) is 0. The van der Waals surface area contributed by atoms with Crippen LogP contribution in [0.5, 0.6) is 5.75 Å². The smallest absolute Gasteiger partial charge is 0.391 e. The van der Waals surface area contributed by atoms with Gasteiger partial charge in [0.25, 0.3) is 0 Å². The molecule has 21 heavy (non-hydrogen) atoms. The van der Waals surface area contributed by atoms with Gasteiger partial charge < -0.3 is 10.5 Å². The molecule has 0 bridgehead atoms. The predicted molar refractivity (Wildman–Crippen MR) is 76.2 cm³/mol. The topological polar surface area (TPSA) is 35.2 Å². The van der Waals surface area contributed by atoms with Crippen molar-refractivity contribution in [1.29, 1.82) is 0 Å². The minimum absolute atomic E-state index is 0.0763. The maximum atomic E-state index is 12.6. The van der Waals surface area contributed by atoms with E-state index < -0.39 is 12.1 Å². The molecule has 0 aliphatic heterocycles. The second-order valence-electron chi connectivity index (χ2n) is 5.87. The van der Waals surface area contributed by atoms with Gasteiger partial charge in [-0.3, -0.25) is 0 Å². The third-order valence-electron chi connectivity index (χ3n) is 4.47. The monoisotopic (exact) mass is 301 g/mol. The van der Waals surface area contributed by atoms with Crippen LogP contribution in [-0.4, -0.2) is 19.3 Å². The second-order valence-corrected chi connectivity index (χ2v) is 5.87. The molecule has 0 amide bonds. The van der Waals surface area contributed by atoms with E-state index in [4.69, 9.17) is 10.5 Å². The molecular weight excluding hydrogens is 279 g/mol. The SMILES string of the molecule is COc1ccc(CC(N)C2CCC(C(F)(F)F)CC2)cc1. The molecular formula is C16H22F3NO. The Kier molecular flexibility index (Phi) is 5.14. The van der Waals surface area contributed by atoms with Gasteiger partial charge in [-0.15, -0.1) is 0 Å². The summed E-state index contributed by atoms with van der Waals surface area (Å²) in [5.74, 6) is -0.161. The van der Waals surface area contributed by atoms with Gasteiger partial charge in [0.2, 0.25) is 0 Å². The number of methoxy groups -OCH3 is 1. The summed E-state index contributed by atoms with van der Waals surface area (Å²) in [4.78, 5) is 0. The first-order chi connectivity index (χ1) is 9.90. The van der Waals surface area contributed by atoms with Crippen molar-refractivity contribution in [2.45, 2.75) is 44.3 Å². The Morgan fingerprint density at radius 2 is 1.71 bits per heavy atom. The fraction of sp³-hybridized carbons (Fsp3) is 0.625. The maximum absolute atomic E-state index is 12.6. The van der Waals surface area contributed by atoms with Crippen molar-refractivity contribution in [3.8, 4) is 5.75 Å². The minimum Gasteiger partial charge on any atom is -0.497 e. The van der Waals surface area contributed by atoms with E-state index in [0.717, 1.165) is 11.3 Å². The normalized spacial score (nSPS) is 24.6. The lowest BCUT2D eigenvalue weighted by molar-refractivity contribution is -0.184. The lowest BCUT2D eigenvalue weighted by atomic mass is 9.77. The van der Waals surface area contributed by atoms with Gasteiger partial charge in [0.05, 0.1) is 13.0 Å². The zero-order chi connectivity index (χ0) is 15.5. The minimum atomic E-state index is -4.05. The highest BCUT2D eigenvalue weighted by Crippen LogP contribution is 2.40. The molecule has 1 atom stereocenters. The van der Waals surface area contributed by atoms with E-state index in [0.29, 0.717) is 19.3 Å². The van der Waals surface area contributed by atoms with E-state index in [1.54, 1.807) is 7.11 Å². The summed E-state index contributed by atoms with van der Waals surface area (Å²) in [5.41, 5.74) is 7.29. The van der Waals surface area contributed by atoms with Crippen LogP contribution >= 0.6 is 0 Å². The number of halogens is 3. The van der Waals surface area contributed by atoms with Crippen molar-refractivity contribution in [3.63, 3.8) is 0 Å². The molecule has 1 saturated carbocycles. The first-order valence-corrected chi connectivity index (χ1v) is 7.35. The zero-order valence-corrected chi connectivity index (χ0v) is 12.2. The van der Waals surface area contributed by atoms with Crippen molar-refractivity contribution >= 4 is 0 Å². The molecule has 1 aliphatic rings. The highest BCUT2D eigenvalue weighted by Gasteiger charge is 2.42.